The van der Waals surface area contributed by atoms with E-state index in [-0.39, 0.29) is 11.6 Å². The van der Waals surface area contributed by atoms with Gasteiger partial charge in [-0.3, -0.25) is 14.4 Å². The third-order valence-electron chi connectivity index (χ3n) is 5.00. The van der Waals surface area contributed by atoms with Crippen molar-refractivity contribution in [3.8, 4) is 0 Å². The summed E-state index contributed by atoms with van der Waals surface area (Å²) in [5.74, 6) is 0.754. The monoisotopic (exact) mass is 343 g/mol. The Morgan fingerprint density at radius 2 is 2.08 bits per heavy atom. The molecule has 0 aromatic carbocycles. The van der Waals surface area contributed by atoms with Crippen molar-refractivity contribution in [2.75, 3.05) is 13.1 Å². The van der Waals surface area contributed by atoms with Crippen LogP contribution in [-0.2, 0) is 0 Å². The lowest BCUT2D eigenvalue weighted by molar-refractivity contribution is 0.0561. The van der Waals surface area contributed by atoms with Gasteiger partial charge in [-0.25, -0.2) is 4.98 Å². The van der Waals surface area contributed by atoms with Crippen LogP contribution in [-0.4, -0.2) is 37.7 Å². The van der Waals surface area contributed by atoms with Crippen LogP contribution < -0.4 is 5.56 Å². The maximum atomic E-state index is 12.4. The molecule has 0 unspecified atom stereocenters. The topological polar surface area (TPSA) is 66.8 Å². The third kappa shape index (κ3) is 2.39. The molecular formula is C17H21N5OS. The van der Waals surface area contributed by atoms with Crippen molar-refractivity contribution >= 4 is 21.6 Å². The predicted molar refractivity (Wildman–Crippen MR) is 95.7 cm³/mol. The van der Waals surface area contributed by atoms with Gasteiger partial charge in [0.05, 0.1) is 23.7 Å². The van der Waals surface area contributed by atoms with Crippen molar-refractivity contribution in [3.63, 3.8) is 0 Å². The summed E-state index contributed by atoms with van der Waals surface area (Å²) in [4.78, 5) is 24.5. The second-order valence-corrected chi connectivity index (χ2v) is 7.90. The van der Waals surface area contributed by atoms with Gasteiger partial charge in [-0.2, -0.15) is 5.10 Å². The molecule has 0 aliphatic carbocycles. The zero-order valence-electron chi connectivity index (χ0n) is 14.3. The predicted octanol–water partition coefficient (Wildman–Crippen LogP) is 2.72. The average molecular weight is 343 g/mol. The number of nitrogens with one attached hydrogen (secondary N) is 1. The van der Waals surface area contributed by atoms with Crippen molar-refractivity contribution < 1.29 is 0 Å². The number of fused-ring (bicyclic) bond motifs is 1. The Labute approximate surface area is 144 Å². The van der Waals surface area contributed by atoms with Crippen LogP contribution >= 0.6 is 11.3 Å². The molecule has 126 valence electrons. The summed E-state index contributed by atoms with van der Waals surface area (Å²) in [6, 6.07) is 0.501. The van der Waals surface area contributed by atoms with Gasteiger partial charge in [0.2, 0.25) is 0 Å². The van der Waals surface area contributed by atoms with Gasteiger partial charge < -0.3 is 4.98 Å². The number of rotatable bonds is 3. The molecule has 0 saturated carbocycles. The summed E-state index contributed by atoms with van der Waals surface area (Å²) < 4.78 is 2.03. The molecule has 1 N–H and O–H groups in total. The molecule has 0 spiro atoms. The zero-order chi connectivity index (χ0) is 17.0. The first-order chi connectivity index (χ1) is 11.4. The molecule has 7 heteroatoms. The highest BCUT2D eigenvalue weighted by Crippen LogP contribution is 2.31. The van der Waals surface area contributed by atoms with E-state index in [1.165, 1.54) is 5.56 Å². The van der Waals surface area contributed by atoms with Gasteiger partial charge in [0.15, 0.2) is 0 Å². The Morgan fingerprint density at radius 3 is 2.75 bits per heavy atom. The van der Waals surface area contributed by atoms with Crippen LogP contribution in [0.25, 0.3) is 10.2 Å². The first kappa shape index (κ1) is 15.5. The summed E-state index contributed by atoms with van der Waals surface area (Å²) in [5.41, 5.74) is 2.20. The molecule has 4 heterocycles. The van der Waals surface area contributed by atoms with Crippen molar-refractivity contribution in [1.82, 2.24) is 24.6 Å². The van der Waals surface area contributed by atoms with Crippen LogP contribution in [0.5, 0.6) is 0 Å². The maximum absolute atomic E-state index is 12.4. The van der Waals surface area contributed by atoms with E-state index in [4.69, 9.17) is 4.98 Å². The van der Waals surface area contributed by atoms with Gasteiger partial charge >= 0.3 is 0 Å². The first-order valence-corrected chi connectivity index (χ1v) is 9.00. The molecule has 4 rings (SSSR count). The smallest absolute Gasteiger partial charge is 0.259 e. The fourth-order valence-corrected chi connectivity index (χ4v) is 4.28. The molecule has 1 aliphatic rings. The minimum Gasteiger partial charge on any atom is -0.309 e. The van der Waals surface area contributed by atoms with E-state index in [2.05, 4.69) is 35.0 Å². The second-order valence-electron chi connectivity index (χ2n) is 6.70. The van der Waals surface area contributed by atoms with E-state index in [0.29, 0.717) is 6.04 Å². The number of thiophene rings is 1. The van der Waals surface area contributed by atoms with Gasteiger partial charge in [0.1, 0.15) is 10.7 Å². The second kappa shape index (κ2) is 5.53. The van der Waals surface area contributed by atoms with E-state index in [0.717, 1.165) is 39.6 Å². The van der Waals surface area contributed by atoms with Crippen LogP contribution in [0.3, 0.4) is 0 Å². The number of hydrogen-bond acceptors (Lipinski definition) is 5. The molecule has 1 aliphatic heterocycles. The Hall–Kier alpha value is -1.99. The Morgan fingerprint density at radius 1 is 1.33 bits per heavy atom. The summed E-state index contributed by atoms with van der Waals surface area (Å²) in [5, 5.41) is 5.13. The molecule has 1 saturated heterocycles. The van der Waals surface area contributed by atoms with E-state index in [1.807, 2.05) is 24.7 Å². The van der Waals surface area contributed by atoms with Crippen LogP contribution in [0, 0.1) is 20.8 Å². The minimum absolute atomic E-state index is 0.0246. The number of nitrogens with zero attached hydrogens (tertiary/aromatic N) is 4. The zero-order valence-corrected chi connectivity index (χ0v) is 15.1. The van der Waals surface area contributed by atoms with Gasteiger partial charge in [-0.05, 0) is 38.8 Å². The standard InChI is InChI=1S/C17H21N5OS/c1-9-5-18-22(6-9)13-7-21(8-13)11(3)15-19-16(23)14-10(2)12(4)24-17(14)20-15/h5-6,11,13H,7-8H2,1-4H3,(H,19,20,23)/t11-/m1/s1. The van der Waals surface area contributed by atoms with Crippen molar-refractivity contribution in [2.45, 2.75) is 39.8 Å². The van der Waals surface area contributed by atoms with Crippen LogP contribution in [0.4, 0.5) is 0 Å². The van der Waals surface area contributed by atoms with Crippen molar-refractivity contribution in [3.05, 3.63) is 44.6 Å². The number of likely N-dealkylation sites (tertiary alicyclic amines) is 1. The highest BCUT2D eigenvalue weighted by atomic mass is 32.1. The van der Waals surface area contributed by atoms with E-state index in [1.54, 1.807) is 11.3 Å². The molecule has 24 heavy (non-hydrogen) atoms. The average Bonchev–Trinajstić information content (AvgIpc) is 3.02. The summed E-state index contributed by atoms with van der Waals surface area (Å²) in [6.07, 6.45) is 3.97. The Bertz CT molecular complexity index is 963. The normalized spacial score (nSPS) is 17.3. The van der Waals surface area contributed by atoms with Crippen LogP contribution in [0.1, 0.15) is 40.8 Å². The lowest BCUT2D eigenvalue weighted by atomic mass is 10.1. The molecule has 3 aromatic heterocycles. The van der Waals surface area contributed by atoms with Gasteiger partial charge in [0.25, 0.3) is 5.56 Å². The third-order valence-corrected chi connectivity index (χ3v) is 6.10. The first-order valence-electron chi connectivity index (χ1n) is 8.18. The lowest BCUT2D eigenvalue weighted by Crippen LogP contribution is -2.49. The minimum atomic E-state index is -0.0246. The fourth-order valence-electron chi connectivity index (χ4n) is 3.25. The molecule has 1 fully saturated rings. The summed E-state index contributed by atoms with van der Waals surface area (Å²) in [7, 11) is 0. The van der Waals surface area contributed by atoms with Gasteiger partial charge in [0, 0.05) is 24.2 Å². The summed E-state index contributed by atoms with van der Waals surface area (Å²) >= 11 is 1.60. The molecular weight excluding hydrogens is 322 g/mol. The van der Waals surface area contributed by atoms with Crippen molar-refractivity contribution in [1.29, 1.82) is 0 Å². The highest BCUT2D eigenvalue weighted by molar-refractivity contribution is 7.18. The highest BCUT2D eigenvalue weighted by Gasteiger charge is 2.33. The lowest BCUT2D eigenvalue weighted by Gasteiger charge is -2.42. The van der Waals surface area contributed by atoms with Crippen molar-refractivity contribution in [2.24, 2.45) is 0 Å². The number of hydrogen-bond donors (Lipinski definition) is 1. The van der Waals surface area contributed by atoms with Gasteiger partial charge in [-0.15, -0.1) is 11.3 Å². The molecule has 0 amide bonds. The number of aryl methyl sites for hydroxylation is 3. The number of aromatic amines is 1. The van der Waals surface area contributed by atoms with Crippen LogP contribution in [0.2, 0.25) is 0 Å². The quantitative estimate of drug-likeness (QED) is 0.794. The van der Waals surface area contributed by atoms with E-state index in [9.17, 15) is 4.79 Å². The number of H-pyrrole nitrogens is 1. The number of aromatic nitrogens is 4. The van der Waals surface area contributed by atoms with E-state index < -0.39 is 0 Å². The molecule has 6 nitrogen and oxygen atoms in total. The molecule has 1 atom stereocenters. The summed E-state index contributed by atoms with van der Waals surface area (Å²) in [6.45, 7) is 10.0. The maximum Gasteiger partial charge on any atom is 0.259 e. The molecule has 3 aromatic rings. The largest absolute Gasteiger partial charge is 0.309 e. The van der Waals surface area contributed by atoms with E-state index >= 15 is 0 Å². The molecule has 0 bridgehead atoms. The van der Waals surface area contributed by atoms with Gasteiger partial charge in [-0.1, -0.05) is 0 Å². The SMILES string of the molecule is Cc1cnn(C2CN([C@H](C)c3nc4sc(C)c(C)c4c(=O)[nH]3)C2)c1. The Kier molecular flexibility index (Phi) is 3.58. The fraction of sp³-hybridized carbons (Fsp3) is 0.471. The Balaban J connectivity index is 1.56. The molecule has 0 radical (unpaired) electrons. The van der Waals surface area contributed by atoms with Crippen LogP contribution in [0.15, 0.2) is 17.2 Å².